The van der Waals surface area contributed by atoms with E-state index in [1.165, 1.54) is 0 Å². The van der Waals surface area contributed by atoms with Crippen LogP contribution in [0.4, 0.5) is 17.1 Å². The Bertz CT molecular complexity index is 664. The maximum atomic E-state index is 8.71. The minimum absolute atomic E-state index is 0.610. The molecule has 2 aromatic carbocycles. The molecular formula is C15H14N4. The van der Waals surface area contributed by atoms with Gasteiger partial charge in [0.2, 0.25) is 0 Å². The lowest BCUT2D eigenvalue weighted by Gasteiger charge is -2.04. The summed E-state index contributed by atoms with van der Waals surface area (Å²) in [4.78, 5) is 0. The van der Waals surface area contributed by atoms with Crippen LogP contribution in [-0.4, -0.2) is 0 Å². The van der Waals surface area contributed by atoms with Crippen molar-refractivity contribution in [2.45, 2.75) is 13.8 Å². The fraction of sp³-hybridized carbons (Fsp3) is 0.133. The molecular weight excluding hydrogens is 236 g/mol. The van der Waals surface area contributed by atoms with Crippen molar-refractivity contribution in [3.63, 3.8) is 0 Å². The number of azo groups is 1. The van der Waals surface area contributed by atoms with Crippen molar-refractivity contribution in [3.8, 4) is 6.07 Å². The first kappa shape index (κ1) is 12.8. The van der Waals surface area contributed by atoms with E-state index >= 15 is 0 Å². The Labute approximate surface area is 112 Å². The molecule has 0 aromatic heterocycles. The molecule has 0 saturated carbocycles. The van der Waals surface area contributed by atoms with Gasteiger partial charge < -0.3 is 5.73 Å². The lowest BCUT2D eigenvalue weighted by atomic mass is 10.1. The van der Waals surface area contributed by atoms with Gasteiger partial charge in [-0.15, -0.1) is 0 Å². The normalized spacial score (nSPS) is 10.6. The molecule has 0 aliphatic rings. The molecule has 0 atom stereocenters. The van der Waals surface area contributed by atoms with E-state index in [4.69, 9.17) is 11.0 Å². The number of aryl methyl sites for hydroxylation is 2. The zero-order valence-corrected chi connectivity index (χ0v) is 10.9. The van der Waals surface area contributed by atoms with E-state index in [9.17, 15) is 0 Å². The van der Waals surface area contributed by atoms with Crippen molar-refractivity contribution in [3.05, 3.63) is 53.1 Å². The van der Waals surface area contributed by atoms with Crippen molar-refractivity contribution in [2.24, 2.45) is 10.2 Å². The van der Waals surface area contributed by atoms with Crippen LogP contribution in [0.3, 0.4) is 0 Å². The number of rotatable bonds is 2. The first-order chi connectivity index (χ1) is 9.10. The topological polar surface area (TPSA) is 74.5 Å². The summed E-state index contributed by atoms with van der Waals surface area (Å²) >= 11 is 0. The van der Waals surface area contributed by atoms with Crippen molar-refractivity contribution in [1.82, 2.24) is 0 Å². The van der Waals surface area contributed by atoms with Crippen LogP contribution >= 0.6 is 0 Å². The summed E-state index contributed by atoms with van der Waals surface area (Å²) < 4.78 is 0. The summed E-state index contributed by atoms with van der Waals surface area (Å²) in [6.07, 6.45) is 0. The highest BCUT2D eigenvalue weighted by atomic mass is 15.1. The summed E-state index contributed by atoms with van der Waals surface area (Å²) in [6.45, 7) is 3.89. The fourth-order valence-corrected chi connectivity index (χ4v) is 1.65. The van der Waals surface area contributed by atoms with Gasteiger partial charge in [-0.2, -0.15) is 15.5 Å². The minimum Gasteiger partial charge on any atom is -0.399 e. The molecule has 0 spiro atoms. The third-order valence-electron chi connectivity index (χ3n) is 2.85. The number of nitrogens with zero attached hydrogens (tertiary/aromatic N) is 3. The van der Waals surface area contributed by atoms with Gasteiger partial charge in [0.1, 0.15) is 0 Å². The standard InChI is InChI=1S/C15H14N4/c1-10-8-15(11(2)7-14(10)17)19-18-13-5-3-12(9-16)4-6-13/h3-8H,17H2,1-2H3. The van der Waals surface area contributed by atoms with Crippen LogP contribution in [0.5, 0.6) is 0 Å². The number of nitrogens with two attached hydrogens (primary N) is 1. The van der Waals surface area contributed by atoms with E-state index in [0.717, 1.165) is 22.5 Å². The second-order valence-corrected chi connectivity index (χ2v) is 4.35. The van der Waals surface area contributed by atoms with Crippen LogP contribution in [0.25, 0.3) is 0 Å². The van der Waals surface area contributed by atoms with E-state index < -0.39 is 0 Å². The number of hydrogen-bond acceptors (Lipinski definition) is 4. The number of nitrogen functional groups attached to an aromatic ring is 1. The highest BCUT2D eigenvalue weighted by Crippen LogP contribution is 2.26. The number of anilines is 1. The predicted octanol–water partition coefficient (Wildman–Crippen LogP) is 4.17. The van der Waals surface area contributed by atoms with Gasteiger partial charge in [0, 0.05) is 5.69 Å². The van der Waals surface area contributed by atoms with E-state index in [-0.39, 0.29) is 0 Å². The maximum absolute atomic E-state index is 8.71. The average molecular weight is 250 g/mol. The second kappa shape index (κ2) is 5.32. The quantitative estimate of drug-likeness (QED) is 0.641. The Kier molecular flexibility index (Phi) is 3.58. The molecule has 0 heterocycles. The van der Waals surface area contributed by atoms with Crippen LogP contribution in [0.2, 0.25) is 0 Å². The number of hydrogen-bond donors (Lipinski definition) is 1. The van der Waals surface area contributed by atoms with Crippen LogP contribution in [0.1, 0.15) is 16.7 Å². The Morgan fingerprint density at radius 3 is 2.32 bits per heavy atom. The summed E-state index contributed by atoms with van der Waals surface area (Å²) in [7, 11) is 0. The van der Waals surface area contributed by atoms with Gasteiger partial charge in [-0.3, -0.25) is 0 Å². The first-order valence-electron chi connectivity index (χ1n) is 5.89. The van der Waals surface area contributed by atoms with Crippen LogP contribution in [0, 0.1) is 25.2 Å². The van der Waals surface area contributed by atoms with Gasteiger partial charge in [-0.1, -0.05) is 0 Å². The molecule has 0 bridgehead atoms. The molecule has 94 valence electrons. The van der Waals surface area contributed by atoms with Crippen molar-refractivity contribution in [2.75, 3.05) is 5.73 Å². The number of benzene rings is 2. The van der Waals surface area contributed by atoms with Crippen LogP contribution < -0.4 is 5.73 Å². The van der Waals surface area contributed by atoms with Crippen molar-refractivity contribution >= 4 is 17.1 Å². The zero-order valence-electron chi connectivity index (χ0n) is 10.9. The monoisotopic (exact) mass is 250 g/mol. The Hall–Kier alpha value is -2.67. The molecule has 19 heavy (non-hydrogen) atoms. The molecule has 0 aliphatic heterocycles. The third-order valence-corrected chi connectivity index (χ3v) is 2.85. The van der Waals surface area contributed by atoms with Crippen LogP contribution in [0.15, 0.2) is 46.6 Å². The van der Waals surface area contributed by atoms with Crippen molar-refractivity contribution < 1.29 is 0 Å². The molecule has 0 radical (unpaired) electrons. The lowest BCUT2D eigenvalue weighted by molar-refractivity contribution is 1.20. The second-order valence-electron chi connectivity index (χ2n) is 4.35. The van der Waals surface area contributed by atoms with Crippen molar-refractivity contribution in [1.29, 1.82) is 5.26 Å². The maximum Gasteiger partial charge on any atom is 0.0991 e. The molecule has 0 unspecified atom stereocenters. The van der Waals surface area contributed by atoms with Gasteiger partial charge in [0.15, 0.2) is 0 Å². The largest absolute Gasteiger partial charge is 0.399 e. The summed E-state index contributed by atoms with van der Waals surface area (Å²) in [5, 5.41) is 17.1. The van der Waals surface area contributed by atoms with E-state index in [0.29, 0.717) is 11.3 Å². The van der Waals surface area contributed by atoms with Gasteiger partial charge in [-0.25, -0.2) is 0 Å². The molecule has 0 aliphatic carbocycles. The molecule has 0 amide bonds. The molecule has 2 rings (SSSR count). The molecule has 4 nitrogen and oxygen atoms in total. The summed E-state index contributed by atoms with van der Waals surface area (Å²) in [5.74, 6) is 0. The average Bonchev–Trinajstić information content (AvgIpc) is 2.42. The van der Waals surface area contributed by atoms with Gasteiger partial charge in [0.25, 0.3) is 0 Å². The summed E-state index contributed by atoms with van der Waals surface area (Å²) in [5.41, 5.74) is 10.7. The van der Waals surface area contributed by atoms with Gasteiger partial charge >= 0.3 is 0 Å². The Balaban J connectivity index is 2.27. The zero-order chi connectivity index (χ0) is 13.8. The highest BCUT2D eigenvalue weighted by molar-refractivity contribution is 5.59. The first-order valence-corrected chi connectivity index (χ1v) is 5.89. The molecule has 0 fully saturated rings. The summed E-state index contributed by atoms with van der Waals surface area (Å²) in [6, 6.07) is 12.8. The molecule has 0 saturated heterocycles. The van der Waals surface area contributed by atoms with E-state index in [1.807, 2.05) is 26.0 Å². The van der Waals surface area contributed by atoms with Gasteiger partial charge in [0.05, 0.1) is 23.0 Å². The SMILES string of the molecule is Cc1cc(N=Nc2ccc(C#N)cc2)c(C)cc1N. The Morgan fingerprint density at radius 2 is 1.68 bits per heavy atom. The third kappa shape index (κ3) is 2.96. The van der Waals surface area contributed by atoms with Gasteiger partial charge in [-0.05, 0) is 61.4 Å². The molecule has 4 heteroatoms. The smallest absolute Gasteiger partial charge is 0.0991 e. The lowest BCUT2D eigenvalue weighted by Crippen LogP contribution is -1.89. The fourth-order valence-electron chi connectivity index (χ4n) is 1.65. The number of nitriles is 1. The molecule has 2 aromatic rings. The highest BCUT2D eigenvalue weighted by Gasteiger charge is 2.01. The minimum atomic E-state index is 0.610. The van der Waals surface area contributed by atoms with E-state index in [1.54, 1.807) is 24.3 Å². The molecule has 2 N–H and O–H groups in total. The Morgan fingerprint density at radius 1 is 1.00 bits per heavy atom. The van der Waals surface area contributed by atoms with Crippen LogP contribution in [-0.2, 0) is 0 Å². The predicted molar refractivity (Wildman–Crippen MR) is 75.7 cm³/mol. The van der Waals surface area contributed by atoms with E-state index in [2.05, 4.69) is 16.3 Å².